The second-order valence-corrected chi connectivity index (χ2v) is 3.15. The molecule has 0 spiro atoms. The van der Waals surface area contributed by atoms with Gasteiger partial charge in [-0.15, -0.1) is 13.2 Å². The van der Waals surface area contributed by atoms with E-state index in [9.17, 15) is 18.0 Å². The summed E-state index contributed by atoms with van der Waals surface area (Å²) >= 11 is 0. The van der Waals surface area contributed by atoms with Crippen LogP contribution in [0.3, 0.4) is 0 Å². The summed E-state index contributed by atoms with van der Waals surface area (Å²) in [6, 6.07) is 4.86. The number of rotatable bonds is 3. The van der Waals surface area contributed by atoms with E-state index in [0.29, 0.717) is 11.8 Å². The number of carbonyl (C=O) groups excluding carboxylic acids is 1. The maximum atomic E-state index is 11.9. The van der Waals surface area contributed by atoms with Gasteiger partial charge in [0.15, 0.2) is 0 Å². The highest BCUT2D eigenvalue weighted by atomic mass is 19.4. The Morgan fingerprint density at radius 3 is 2.39 bits per heavy atom. The minimum atomic E-state index is -4.74. The summed E-state index contributed by atoms with van der Waals surface area (Å²) in [5.41, 5.74) is 0.404. The van der Waals surface area contributed by atoms with Gasteiger partial charge in [0.2, 0.25) is 12.1 Å². The van der Waals surface area contributed by atoms with Gasteiger partial charge >= 0.3 is 6.36 Å². The smallest absolute Gasteiger partial charge is 0.406 e. The number of nitrogens with zero attached hydrogens (tertiary/aromatic N) is 2. The van der Waals surface area contributed by atoms with E-state index < -0.39 is 6.36 Å². The highest BCUT2D eigenvalue weighted by Crippen LogP contribution is 2.25. The van der Waals surface area contributed by atoms with Gasteiger partial charge in [-0.2, -0.15) is 4.98 Å². The lowest BCUT2D eigenvalue weighted by molar-refractivity contribution is -0.274. The van der Waals surface area contributed by atoms with E-state index in [1.54, 1.807) is 0 Å². The molecule has 1 aromatic heterocycles. The summed E-state index contributed by atoms with van der Waals surface area (Å²) in [6.45, 7) is 0. The summed E-state index contributed by atoms with van der Waals surface area (Å²) in [7, 11) is 0. The Balaban J connectivity index is 2.19. The van der Waals surface area contributed by atoms with Crippen LogP contribution < -0.4 is 4.74 Å². The van der Waals surface area contributed by atoms with Crippen LogP contribution in [0.2, 0.25) is 0 Å². The zero-order valence-corrected chi connectivity index (χ0v) is 8.64. The first-order valence-electron chi connectivity index (χ1n) is 4.63. The molecule has 0 amide bonds. The molecule has 0 saturated heterocycles. The van der Waals surface area contributed by atoms with Crippen LogP contribution >= 0.6 is 0 Å². The zero-order valence-electron chi connectivity index (χ0n) is 8.64. The summed E-state index contributed by atoms with van der Waals surface area (Å²) in [5.74, 6) is -0.457. The molecule has 2 rings (SSSR count). The van der Waals surface area contributed by atoms with Crippen LogP contribution in [-0.4, -0.2) is 22.8 Å². The van der Waals surface area contributed by atoms with Crippen LogP contribution in [0.15, 0.2) is 28.8 Å². The number of hydrogen-bond acceptors (Lipinski definition) is 5. The molecule has 2 aromatic rings. The third-order valence-corrected chi connectivity index (χ3v) is 1.89. The van der Waals surface area contributed by atoms with Crippen LogP contribution in [0, 0.1) is 0 Å². The van der Waals surface area contributed by atoms with Crippen molar-refractivity contribution in [1.82, 2.24) is 10.1 Å². The van der Waals surface area contributed by atoms with Crippen molar-refractivity contribution < 1.29 is 27.2 Å². The molecule has 5 nitrogen and oxygen atoms in total. The van der Waals surface area contributed by atoms with Crippen molar-refractivity contribution in [3.05, 3.63) is 30.2 Å². The first-order valence-corrected chi connectivity index (χ1v) is 4.63. The maximum absolute atomic E-state index is 11.9. The molecular weight excluding hydrogens is 253 g/mol. The molecule has 94 valence electrons. The number of hydrogen-bond donors (Lipinski definition) is 0. The fourth-order valence-corrected chi connectivity index (χ4v) is 1.21. The third-order valence-electron chi connectivity index (χ3n) is 1.89. The Kier molecular flexibility index (Phi) is 3.00. The molecule has 0 saturated carbocycles. The van der Waals surface area contributed by atoms with Gasteiger partial charge in [-0.3, -0.25) is 4.79 Å². The molecule has 0 N–H and O–H groups in total. The lowest BCUT2D eigenvalue weighted by atomic mass is 10.2. The van der Waals surface area contributed by atoms with E-state index in [2.05, 4.69) is 19.4 Å². The molecule has 0 fully saturated rings. The molecule has 8 heteroatoms. The average Bonchev–Trinajstić information content (AvgIpc) is 2.76. The van der Waals surface area contributed by atoms with E-state index in [4.69, 9.17) is 0 Å². The van der Waals surface area contributed by atoms with E-state index in [0.717, 1.165) is 12.1 Å². The van der Waals surface area contributed by atoms with Crippen molar-refractivity contribution in [2.75, 3.05) is 0 Å². The first-order chi connectivity index (χ1) is 8.48. The second kappa shape index (κ2) is 4.47. The van der Waals surface area contributed by atoms with E-state index >= 15 is 0 Å². The number of aldehydes is 1. The van der Waals surface area contributed by atoms with Crippen LogP contribution in [0.5, 0.6) is 5.75 Å². The highest BCUT2D eigenvalue weighted by molar-refractivity contribution is 5.69. The van der Waals surface area contributed by atoms with E-state index in [1.807, 2.05) is 0 Å². The van der Waals surface area contributed by atoms with Crippen molar-refractivity contribution in [3.8, 4) is 17.1 Å². The molecule has 18 heavy (non-hydrogen) atoms. The topological polar surface area (TPSA) is 65.2 Å². The van der Waals surface area contributed by atoms with Gasteiger partial charge in [0.05, 0.1) is 0 Å². The van der Waals surface area contributed by atoms with Gasteiger partial charge in [0, 0.05) is 5.56 Å². The molecule has 0 bridgehead atoms. The summed E-state index contributed by atoms with van der Waals surface area (Å²) in [5, 5.41) is 3.48. The number of ether oxygens (including phenoxy) is 1. The molecule has 1 aromatic carbocycles. The van der Waals surface area contributed by atoms with E-state index in [-0.39, 0.29) is 17.5 Å². The van der Waals surface area contributed by atoms with Gasteiger partial charge in [0.25, 0.3) is 5.89 Å². The predicted molar refractivity (Wildman–Crippen MR) is 51.8 cm³/mol. The minimum absolute atomic E-state index is 0.107. The SMILES string of the molecule is O=Cc1nc(-c2ccc(OC(F)(F)F)cc2)no1. The molecule has 0 unspecified atom stereocenters. The van der Waals surface area contributed by atoms with Crippen molar-refractivity contribution in [2.45, 2.75) is 6.36 Å². The van der Waals surface area contributed by atoms with Gasteiger partial charge in [-0.05, 0) is 24.3 Å². The predicted octanol–water partition coefficient (Wildman–Crippen LogP) is 2.45. The second-order valence-electron chi connectivity index (χ2n) is 3.15. The number of alkyl halides is 3. The molecule has 0 aliphatic heterocycles. The molecule has 1 heterocycles. The normalized spacial score (nSPS) is 11.3. The Morgan fingerprint density at radius 2 is 1.89 bits per heavy atom. The standard InChI is InChI=1S/C10H5F3N2O3/c11-10(12,13)17-7-3-1-6(2-4-7)9-14-8(5-16)18-15-9/h1-5H. The number of halogens is 3. The molecule has 0 atom stereocenters. The van der Waals surface area contributed by atoms with Crippen molar-refractivity contribution in [3.63, 3.8) is 0 Å². The van der Waals surface area contributed by atoms with Crippen LogP contribution in [0.4, 0.5) is 13.2 Å². The van der Waals surface area contributed by atoms with Crippen molar-refractivity contribution >= 4 is 6.29 Å². The molecule has 0 aliphatic rings. The quantitative estimate of drug-likeness (QED) is 0.791. The average molecular weight is 258 g/mol. The van der Waals surface area contributed by atoms with Crippen molar-refractivity contribution in [1.29, 1.82) is 0 Å². The Labute approximate surface area is 98.2 Å². The Bertz CT molecular complexity index is 548. The lowest BCUT2D eigenvalue weighted by Gasteiger charge is -2.08. The minimum Gasteiger partial charge on any atom is -0.406 e. The molecule has 0 radical (unpaired) electrons. The summed E-state index contributed by atoms with van der Waals surface area (Å²) in [6.07, 6.45) is -4.37. The van der Waals surface area contributed by atoms with Gasteiger partial charge in [0.1, 0.15) is 5.75 Å². The Hall–Kier alpha value is -2.38. The first kappa shape index (κ1) is 12.1. The van der Waals surface area contributed by atoms with Gasteiger partial charge in [-0.1, -0.05) is 5.16 Å². The summed E-state index contributed by atoms with van der Waals surface area (Å²) in [4.78, 5) is 14.0. The van der Waals surface area contributed by atoms with Gasteiger partial charge < -0.3 is 9.26 Å². The van der Waals surface area contributed by atoms with Crippen LogP contribution in [-0.2, 0) is 0 Å². The van der Waals surface area contributed by atoms with Crippen LogP contribution in [0.1, 0.15) is 10.7 Å². The van der Waals surface area contributed by atoms with Crippen molar-refractivity contribution in [2.24, 2.45) is 0 Å². The fourth-order valence-electron chi connectivity index (χ4n) is 1.21. The number of aromatic nitrogens is 2. The number of carbonyl (C=O) groups is 1. The largest absolute Gasteiger partial charge is 0.573 e. The summed E-state index contributed by atoms with van der Waals surface area (Å²) < 4.78 is 44.0. The zero-order chi connectivity index (χ0) is 13.2. The fraction of sp³-hybridized carbons (Fsp3) is 0.100. The highest BCUT2D eigenvalue weighted by Gasteiger charge is 2.31. The third kappa shape index (κ3) is 2.84. The van der Waals surface area contributed by atoms with Gasteiger partial charge in [-0.25, -0.2) is 0 Å². The molecule has 0 aliphatic carbocycles. The Morgan fingerprint density at radius 1 is 1.22 bits per heavy atom. The van der Waals surface area contributed by atoms with E-state index in [1.165, 1.54) is 12.1 Å². The maximum Gasteiger partial charge on any atom is 0.573 e. The van der Waals surface area contributed by atoms with Crippen LogP contribution in [0.25, 0.3) is 11.4 Å². The molecular formula is C10H5F3N2O3. The number of benzene rings is 1. The monoisotopic (exact) mass is 258 g/mol. The lowest BCUT2D eigenvalue weighted by Crippen LogP contribution is -2.16.